The average Bonchev–Trinajstić information content (AvgIpc) is 0.766. The van der Waals surface area contributed by atoms with Gasteiger partial charge in [0.15, 0.2) is 30.2 Å². The Morgan fingerprint density at radius 3 is 1.83 bits per heavy atom. The van der Waals surface area contributed by atoms with Gasteiger partial charge in [-0.25, -0.2) is 0 Å². The molecule has 7 aromatic rings. The number of aromatic hydroxyl groups is 3. The smallest absolute Gasteiger partial charge is 0.248 e. The lowest BCUT2D eigenvalue weighted by Crippen LogP contribution is -2.64. The topological polar surface area (TPSA) is 552 Å². The first-order valence-electron chi connectivity index (χ1n) is 36.6. The summed E-state index contributed by atoms with van der Waals surface area (Å²) in [4.78, 5) is 107. The molecule has 11 bridgehead atoms. The van der Waals surface area contributed by atoms with Crippen LogP contribution in [-0.2, 0) is 63.8 Å². The molecule has 0 unspecified atom stereocenters. The fourth-order valence-electron chi connectivity index (χ4n) is 14.8. The van der Waals surface area contributed by atoms with Crippen LogP contribution in [0.3, 0.4) is 0 Å². The number of aliphatic hydroxyl groups excluding tert-OH is 6. The van der Waals surface area contributed by atoms with Gasteiger partial charge in [0.2, 0.25) is 53.4 Å². The Hall–Kier alpha value is -10.3. The van der Waals surface area contributed by atoms with Crippen molar-refractivity contribution in [2.24, 2.45) is 22.9 Å². The summed E-state index contributed by atoms with van der Waals surface area (Å²) in [6, 6.07) is 18.1. The summed E-state index contributed by atoms with van der Waals surface area (Å²) in [6.45, 7) is 4.91. The molecule has 7 aromatic carbocycles. The van der Waals surface area contributed by atoms with E-state index in [0.717, 1.165) is 53.6 Å². The number of primary amides is 1. The van der Waals surface area contributed by atoms with Crippen molar-refractivity contribution in [1.82, 2.24) is 31.9 Å². The highest BCUT2D eigenvalue weighted by molar-refractivity contribution is 6.32. The third-order valence-electron chi connectivity index (χ3n) is 21.1. The van der Waals surface area contributed by atoms with Gasteiger partial charge in [-0.2, -0.15) is 0 Å². The zero-order valence-electron chi connectivity index (χ0n) is 61.9. The summed E-state index contributed by atoms with van der Waals surface area (Å²) in [5.74, 6) is -12.9. The van der Waals surface area contributed by atoms with Crippen LogP contribution < -0.4 is 69.0 Å². The highest BCUT2D eigenvalue weighted by Gasteiger charge is 2.52. The third kappa shape index (κ3) is 17.6. The number of hydrogen-bond acceptors (Lipinski definition) is 27. The first-order valence-corrected chi connectivity index (χ1v) is 37.3. The molecule has 0 aromatic heterocycles. The lowest BCUT2D eigenvalue weighted by molar-refractivity contribution is -0.333. The molecule has 8 heterocycles. The average molecular weight is 1630 g/mol. The standard InChI is InChI=1S/C79H86Cl2N10O24/c1-32-69(100)78(3,84)28-55(108-32)113-66-37-11-17-43(18-12-37)110-51-23-40-24-52(67(51)115-77-68(65(99)64(98)53(31-92)112-77)114-56-29-79(4,85)70(101)33(2)109-56)111-50-20-14-39(22-46(50)81)63(97)58(83)72(103)87-47(27-54(82)96)71(102)88-60(40)75(106)89-59-38-13-19-48(94)44(21-38)57-45(25-42(93)26-49(57)95)61(90-76(107)62(66)91-74(59)105)73(104)86-30-34-5-7-35(8-6-34)36-9-15-41(80)16-10-36/h5-26,32-33,47,53,55-56,58-66,68-70,77,92-95,97-101H,27-31,83-85H2,1-4H3,(H2,82,96)(H,86,104)(H,87,103)(H,88,102)(H,89,106)(H,90,107)(H,91,105)/t32-,33-,47-,53+,55-,56-,58+,59+,60+,61-,62-,63+,64+,65-,66+,68+,69-,70-,77-,78-,79-/m0/s1. The van der Waals surface area contributed by atoms with Crippen LogP contribution >= 0.6 is 23.2 Å². The van der Waals surface area contributed by atoms with Crippen LogP contribution in [0.25, 0.3) is 22.3 Å². The number of aliphatic hydroxyl groups is 6. The molecular formula is C79H86Cl2N10O24. The maximum atomic E-state index is 16.4. The number of carbonyl (C=O) groups excluding carboxylic acids is 7. The summed E-state index contributed by atoms with van der Waals surface area (Å²) in [7, 11) is 0. The third-order valence-corrected chi connectivity index (χ3v) is 21.6. The minimum absolute atomic E-state index is 0.00446. The number of ether oxygens (including phenoxy) is 8. The molecule has 8 aliphatic heterocycles. The largest absolute Gasteiger partial charge is 0.508 e. The van der Waals surface area contributed by atoms with Crippen molar-refractivity contribution in [3.05, 3.63) is 177 Å². The number of rotatable bonds is 13. The molecule has 36 heteroatoms. The van der Waals surface area contributed by atoms with Crippen LogP contribution in [0.15, 0.2) is 133 Å². The van der Waals surface area contributed by atoms with Gasteiger partial charge in [-0.3, -0.25) is 33.6 Å². The maximum absolute atomic E-state index is 16.4. The zero-order chi connectivity index (χ0) is 82.5. The van der Waals surface area contributed by atoms with E-state index in [1.54, 1.807) is 36.4 Å². The van der Waals surface area contributed by atoms with Gasteiger partial charge in [0, 0.05) is 52.7 Å². The minimum Gasteiger partial charge on any atom is -0.508 e. The number of nitrogens with one attached hydrogen (secondary N) is 6. The van der Waals surface area contributed by atoms with Crippen molar-refractivity contribution in [2.45, 2.75) is 181 Å². The first kappa shape index (κ1) is 82.6. The fraction of sp³-hybridized carbons (Fsp3) is 0.380. The normalized spacial score (nSPS) is 31.0. The van der Waals surface area contributed by atoms with Crippen molar-refractivity contribution >= 4 is 64.6 Å². The number of amides is 7. The van der Waals surface area contributed by atoms with Crippen LogP contribution in [0, 0.1) is 0 Å². The molecule has 0 radical (unpaired) electrons. The van der Waals surface area contributed by atoms with E-state index in [1.807, 2.05) is 12.1 Å². The molecule has 3 saturated heterocycles. The van der Waals surface area contributed by atoms with E-state index in [9.17, 15) is 55.5 Å². The van der Waals surface area contributed by atoms with E-state index in [4.69, 9.17) is 84.0 Å². The number of benzene rings is 7. The predicted octanol–water partition coefficient (Wildman–Crippen LogP) is 2.45. The monoisotopic (exact) mass is 1630 g/mol. The summed E-state index contributed by atoms with van der Waals surface area (Å²) in [5, 5.41) is 120. The van der Waals surface area contributed by atoms with Crippen LogP contribution in [0.1, 0.15) is 111 Å². The molecular weight excluding hydrogens is 1540 g/mol. The number of carbonyl (C=O) groups is 7. The molecule has 115 heavy (non-hydrogen) atoms. The Kier molecular flexibility index (Phi) is 24.0. The first-order chi connectivity index (χ1) is 54.5. The summed E-state index contributed by atoms with van der Waals surface area (Å²) >= 11 is 13.2. The molecule has 8 aliphatic rings. The number of fused-ring (bicyclic) bond motifs is 15. The van der Waals surface area contributed by atoms with Crippen molar-refractivity contribution in [2.75, 3.05) is 6.61 Å². The molecule has 0 spiro atoms. The van der Waals surface area contributed by atoms with Gasteiger partial charge >= 0.3 is 0 Å². The second-order valence-electron chi connectivity index (χ2n) is 29.8. The minimum atomic E-state index is -2.29. The molecule has 23 N–H and O–H groups in total. The number of phenolic OH excluding ortho intramolecular Hbond substituents is 3. The number of hydrogen-bond donors (Lipinski definition) is 19. The molecule has 21 atom stereocenters. The van der Waals surface area contributed by atoms with Crippen LogP contribution in [0.2, 0.25) is 10.0 Å². The lowest BCUT2D eigenvalue weighted by atomic mass is 9.86. The van der Waals surface area contributed by atoms with E-state index >= 15 is 24.0 Å². The van der Waals surface area contributed by atoms with Gasteiger partial charge in [-0.05, 0) is 139 Å². The predicted molar refractivity (Wildman–Crippen MR) is 406 cm³/mol. The Morgan fingerprint density at radius 1 is 0.609 bits per heavy atom. The van der Waals surface area contributed by atoms with Crippen molar-refractivity contribution in [3.8, 4) is 68.2 Å². The van der Waals surface area contributed by atoms with Crippen molar-refractivity contribution in [3.63, 3.8) is 0 Å². The number of halogens is 2. The summed E-state index contributed by atoms with van der Waals surface area (Å²) in [6.07, 6.45) is -22.1. The van der Waals surface area contributed by atoms with Gasteiger partial charge in [-0.1, -0.05) is 83.9 Å². The molecule has 0 aliphatic carbocycles. The molecule has 7 amide bonds. The summed E-state index contributed by atoms with van der Waals surface area (Å²) in [5.41, 5.74) is 22.8. The highest BCUT2D eigenvalue weighted by Crippen LogP contribution is 2.50. The number of phenols is 3. The van der Waals surface area contributed by atoms with Crippen molar-refractivity contribution < 1.29 is 117 Å². The molecule has 15 rings (SSSR count). The van der Waals surface area contributed by atoms with Gasteiger partial charge in [0.25, 0.3) is 0 Å². The Bertz CT molecular complexity index is 4870. The summed E-state index contributed by atoms with van der Waals surface area (Å²) < 4.78 is 52.0. The molecule has 0 saturated carbocycles. The van der Waals surface area contributed by atoms with Gasteiger partial charge in [0.1, 0.15) is 95.5 Å². The van der Waals surface area contributed by atoms with Gasteiger partial charge in [-0.15, -0.1) is 0 Å². The van der Waals surface area contributed by atoms with E-state index in [-0.39, 0.29) is 63.7 Å². The van der Waals surface area contributed by atoms with Gasteiger partial charge in [0.05, 0.1) is 42.5 Å². The molecule has 3 fully saturated rings. The van der Waals surface area contributed by atoms with E-state index in [1.165, 1.54) is 70.2 Å². The Balaban J connectivity index is 1.02. The van der Waals surface area contributed by atoms with Crippen LogP contribution in [0.4, 0.5) is 0 Å². The SMILES string of the molecule is C[C@@H]1O[C@@H](O[C@H]2[C@H](Oc3c4cc5cc3Oc3ccc(cc3Cl)[C@@H](O)[C@@H](N)C(=O)N[C@@H](CC(N)=O)C(=O)N[C@H]5C(=O)N[C@H]3C(=O)N[C@H](C(=O)N[C@H](C(=O)NCc5ccc(-c6ccc(Cl)cc6)cc5)c5cc(O)cc(O)c5-c5cc3ccc5O)[C@H](O[C@H]3C[C@](C)(N)[C@@H](O)[C@H](C)O3)c3ccc(cc3)O4)O[C@H](CO)[C@@H](O)[C@@H]2O)C[C@](C)(N)[C@H]1O. The second kappa shape index (κ2) is 33.5. The van der Waals surface area contributed by atoms with E-state index in [0.29, 0.717) is 10.6 Å². The quantitative estimate of drug-likeness (QED) is 0.0788. The Labute approximate surface area is 666 Å². The van der Waals surface area contributed by atoms with Crippen LogP contribution in [0.5, 0.6) is 46.0 Å². The zero-order valence-corrected chi connectivity index (χ0v) is 63.4. The second-order valence-corrected chi connectivity index (χ2v) is 30.6. The fourth-order valence-corrected chi connectivity index (χ4v) is 15.1. The number of nitrogens with two attached hydrogens (primary N) is 4. The van der Waals surface area contributed by atoms with Crippen LogP contribution in [-0.4, -0.2) is 191 Å². The van der Waals surface area contributed by atoms with Gasteiger partial charge < -0.3 is 139 Å². The maximum Gasteiger partial charge on any atom is 0.248 e. The lowest BCUT2D eigenvalue weighted by Gasteiger charge is -2.47. The highest BCUT2D eigenvalue weighted by atomic mass is 35.5. The van der Waals surface area contributed by atoms with E-state index in [2.05, 4.69) is 31.9 Å². The Morgan fingerprint density at radius 2 is 1.20 bits per heavy atom. The van der Waals surface area contributed by atoms with Crippen molar-refractivity contribution in [1.29, 1.82) is 0 Å². The molecule has 34 nitrogen and oxygen atoms in total. The van der Waals surface area contributed by atoms with E-state index < -0.39 is 227 Å². The molecule has 610 valence electrons.